The van der Waals surface area contributed by atoms with Crippen molar-refractivity contribution in [3.63, 3.8) is 0 Å². The van der Waals surface area contributed by atoms with Gasteiger partial charge in [0.15, 0.2) is 0 Å². The van der Waals surface area contributed by atoms with E-state index in [0.29, 0.717) is 5.54 Å². The van der Waals surface area contributed by atoms with Crippen molar-refractivity contribution in [3.8, 4) is 0 Å². The third kappa shape index (κ3) is 1.27. The van der Waals surface area contributed by atoms with Gasteiger partial charge in [0.1, 0.15) is 0 Å². The van der Waals surface area contributed by atoms with Crippen molar-refractivity contribution in [3.05, 3.63) is 0 Å². The first-order valence-corrected chi connectivity index (χ1v) is 5.32. The van der Waals surface area contributed by atoms with Gasteiger partial charge >= 0.3 is 0 Å². The van der Waals surface area contributed by atoms with E-state index in [-0.39, 0.29) is 0 Å². The molecular weight excluding hydrogens is 148 g/mol. The van der Waals surface area contributed by atoms with E-state index in [9.17, 15) is 0 Å². The van der Waals surface area contributed by atoms with Crippen LogP contribution in [0.3, 0.4) is 0 Å². The Bertz CT molecular complexity index is 158. The van der Waals surface area contributed by atoms with Gasteiger partial charge in [0, 0.05) is 12.1 Å². The van der Waals surface area contributed by atoms with Crippen LogP contribution in [0.5, 0.6) is 0 Å². The molecule has 0 radical (unpaired) electrons. The summed E-state index contributed by atoms with van der Waals surface area (Å²) in [6.45, 7) is 3.49. The molecule has 0 bridgehead atoms. The second-order valence-electron chi connectivity index (χ2n) is 4.33. The number of nitrogens with zero attached hydrogens (tertiary/aromatic N) is 1. The van der Waals surface area contributed by atoms with E-state index in [1.54, 1.807) is 0 Å². The Morgan fingerprint density at radius 1 is 1.00 bits per heavy atom. The Kier molecular flexibility index (Phi) is 2.37. The molecule has 0 aromatic heterocycles. The van der Waals surface area contributed by atoms with Crippen LogP contribution in [-0.2, 0) is 0 Å². The predicted octanol–water partition coefficient (Wildman–Crippen LogP) is 1.35. The number of nitrogens with two attached hydrogens (primary N) is 1. The molecule has 0 aliphatic carbocycles. The monoisotopic (exact) mass is 168 g/mol. The minimum absolute atomic E-state index is 0.427. The fourth-order valence-electron chi connectivity index (χ4n) is 2.89. The molecule has 1 atom stereocenters. The average molecular weight is 168 g/mol. The highest BCUT2D eigenvalue weighted by atomic mass is 15.2. The summed E-state index contributed by atoms with van der Waals surface area (Å²) in [6.07, 6.45) is 8.28. The van der Waals surface area contributed by atoms with Crippen LogP contribution in [0.2, 0.25) is 0 Å². The Hall–Kier alpha value is -0.0800. The maximum Gasteiger partial charge on any atom is 0.0332 e. The highest BCUT2D eigenvalue weighted by molar-refractivity contribution is 4.97. The van der Waals surface area contributed by atoms with Gasteiger partial charge in [-0.05, 0) is 38.8 Å². The lowest BCUT2D eigenvalue weighted by molar-refractivity contribution is 0.147. The molecule has 0 aromatic rings. The van der Waals surface area contributed by atoms with Crippen molar-refractivity contribution >= 4 is 0 Å². The molecule has 2 rings (SSSR count). The fourth-order valence-corrected chi connectivity index (χ4v) is 2.89. The summed E-state index contributed by atoms with van der Waals surface area (Å²) in [4.78, 5) is 2.65. The zero-order valence-corrected chi connectivity index (χ0v) is 7.89. The maximum atomic E-state index is 5.91. The minimum atomic E-state index is 0.427. The smallest absolute Gasteiger partial charge is 0.0332 e. The summed E-state index contributed by atoms with van der Waals surface area (Å²) in [5.41, 5.74) is 6.33. The average Bonchev–Trinajstić information content (AvgIpc) is 2.40. The zero-order chi connectivity index (χ0) is 8.44. The van der Waals surface area contributed by atoms with Crippen LogP contribution < -0.4 is 5.73 Å². The topological polar surface area (TPSA) is 29.3 Å². The van der Waals surface area contributed by atoms with E-state index in [1.165, 1.54) is 51.6 Å². The Balaban J connectivity index is 2.11. The van der Waals surface area contributed by atoms with Crippen LogP contribution >= 0.6 is 0 Å². The lowest BCUT2D eigenvalue weighted by atomic mass is 9.91. The quantitative estimate of drug-likeness (QED) is 0.640. The molecule has 12 heavy (non-hydrogen) atoms. The van der Waals surface area contributed by atoms with E-state index < -0.39 is 0 Å². The highest BCUT2D eigenvalue weighted by Gasteiger charge is 2.39. The number of rotatable bonds is 1. The lowest BCUT2D eigenvalue weighted by Gasteiger charge is -2.36. The molecule has 2 aliphatic rings. The molecule has 2 heterocycles. The molecule has 2 N–H and O–H groups in total. The van der Waals surface area contributed by atoms with Crippen LogP contribution in [0.4, 0.5) is 0 Å². The number of fused-ring (bicyclic) bond motifs is 1. The largest absolute Gasteiger partial charge is 0.329 e. The zero-order valence-electron chi connectivity index (χ0n) is 7.89. The van der Waals surface area contributed by atoms with Gasteiger partial charge in [0.25, 0.3) is 0 Å². The first kappa shape index (κ1) is 8.52. The van der Waals surface area contributed by atoms with Gasteiger partial charge < -0.3 is 5.73 Å². The summed E-state index contributed by atoms with van der Waals surface area (Å²) >= 11 is 0. The van der Waals surface area contributed by atoms with E-state index in [1.807, 2.05) is 0 Å². The van der Waals surface area contributed by atoms with Crippen molar-refractivity contribution in [1.82, 2.24) is 4.90 Å². The SMILES string of the molecule is NC[C@]12CCCCCN1CCC2. The Morgan fingerprint density at radius 3 is 2.58 bits per heavy atom. The standard InChI is InChI=1S/C10H20N2/c11-9-10-5-2-1-3-7-12(10)8-4-6-10/h1-9,11H2/t10-/m1/s1. The highest BCUT2D eigenvalue weighted by Crippen LogP contribution is 2.35. The van der Waals surface area contributed by atoms with Crippen molar-refractivity contribution < 1.29 is 0 Å². The van der Waals surface area contributed by atoms with Crippen molar-refractivity contribution in [2.24, 2.45) is 5.73 Å². The normalized spacial score (nSPS) is 37.8. The summed E-state index contributed by atoms with van der Waals surface area (Å²) in [5, 5.41) is 0. The third-order valence-electron chi connectivity index (χ3n) is 3.69. The second kappa shape index (κ2) is 3.35. The molecule has 0 unspecified atom stereocenters. The molecule has 2 nitrogen and oxygen atoms in total. The molecule has 2 aliphatic heterocycles. The summed E-state index contributed by atoms with van der Waals surface area (Å²) in [6, 6.07) is 0. The van der Waals surface area contributed by atoms with E-state index in [0.717, 1.165) is 6.54 Å². The molecule has 2 heteroatoms. The van der Waals surface area contributed by atoms with Crippen molar-refractivity contribution in [1.29, 1.82) is 0 Å². The molecule has 2 saturated heterocycles. The molecule has 0 amide bonds. The molecule has 0 saturated carbocycles. The van der Waals surface area contributed by atoms with Gasteiger partial charge in [-0.15, -0.1) is 0 Å². The van der Waals surface area contributed by atoms with Crippen LogP contribution in [0.15, 0.2) is 0 Å². The second-order valence-corrected chi connectivity index (χ2v) is 4.33. The molecule has 0 spiro atoms. The molecular formula is C10H20N2. The first-order chi connectivity index (χ1) is 5.87. The number of hydrogen-bond acceptors (Lipinski definition) is 2. The van der Waals surface area contributed by atoms with Crippen molar-refractivity contribution in [2.45, 2.75) is 44.1 Å². The third-order valence-corrected chi connectivity index (χ3v) is 3.69. The van der Waals surface area contributed by atoms with Crippen LogP contribution in [-0.4, -0.2) is 30.1 Å². The predicted molar refractivity (Wildman–Crippen MR) is 51.1 cm³/mol. The number of hydrogen-bond donors (Lipinski definition) is 1. The van der Waals surface area contributed by atoms with Gasteiger partial charge in [-0.3, -0.25) is 4.90 Å². The minimum Gasteiger partial charge on any atom is -0.329 e. The van der Waals surface area contributed by atoms with Gasteiger partial charge in [-0.1, -0.05) is 12.8 Å². The van der Waals surface area contributed by atoms with Crippen molar-refractivity contribution in [2.75, 3.05) is 19.6 Å². The first-order valence-electron chi connectivity index (χ1n) is 5.32. The van der Waals surface area contributed by atoms with E-state index in [4.69, 9.17) is 5.73 Å². The van der Waals surface area contributed by atoms with E-state index in [2.05, 4.69) is 4.90 Å². The van der Waals surface area contributed by atoms with Gasteiger partial charge in [0.05, 0.1) is 0 Å². The van der Waals surface area contributed by atoms with Gasteiger partial charge in [0.2, 0.25) is 0 Å². The van der Waals surface area contributed by atoms with Crippen LogP contribution in [0.1, 0.15) is 38.5 Å². The lowest BCUT2D eigenvalue weighted by Crippen LogP contribution is -2.48. The summed E-state index contributed by atoms with van der Waals surface area (Å²) in [5.74, 6) is 0. The Labute approximate surface area is 75.1 Å². The van der Waals surface area contributed by atoms with E-state index >= 15 is 0 Å². The van der Waals surface area contributed by atoms with Gasteiger partial charge in [-0.25, -0.2) is 0 Å². The fraction of sp³-hybridized carbons (Fsp3) is 1.00. The van der Waals surface area contributed by atoms with Crippen LogP contribution in [0.25, 0.3) is 0 Å². The maximum absolute atomic E-state index is 5.91. The van der Waals surface area contributed by atoms with Crippen LogP contribution in [0, 0.1) is 0 Å². The Morgan fingerprint density at radius 2 is 1.75 bits per heavy atom. The summed E-state index contributed by atoms with van der Waals surface area (Å²) < 4.78 is 0. The summed E-state index contributed by atoms with van der Waals surface area (Å²) in [7, 11) is 0. The molecule has 0 aromatic carbocycles. The molecule has 70 valence electrons. The van der Waals surface area contributed by atoms with Gasteiger partial charge in [-0.2, -0.15) is 0 Å². The molecule has 2 fully saturated rings.